The Bertz CT molecular complexity index is 964. The molecule has 1 heterocycles. The summed E-state index contributed by atoms with van der Waals surface area (Å²) in [6.07, 6.45) is 12.9. The minimum absolute atomic E-state index is 0.0643. The molecule has 0 aromatic carbocycles. The van der Waals surface area contributed by atoms with Crippen LogP contribution in [-0.4, -0.2) is 30.8 Å². The number of fused-ring (bicyclic) bond motifs is 7. The molecule has 200 valence electrons. The van der Waals surface area contributed by atoms with Crippen molar-refractivity contribution in [2.45, 2.75) is 112 Å². The van der Waals surface area contributed by atoms with Crippen LogP contribution in [0.5, 0.6) is 0 Å². The van der Waals surface area contributed by atoms with E-state index in [9.17, 15) is 9.59 Å². The Balaban J connectivity index is 1.29. The zero-order valence-electron chi connectivity index (χ0n) is 23.2. The highest BCUT2D eigenvalue weighted by Crippen LogP contribution is 2.69. The molecule has 36 heavy (non-hydrogen) atoms. The quantitative estimate of drug-likeness (QED) is 0.299. The first kappa shape index (κ1) is 25.9. The van der Waals surface area contributed by atoms with Gasteiger partial charge in [-0.3, -0.25) is 9.59 Å². The second-order valence-electron chi connectivity index (χ2n) is 13.2. The third-order valence-corrected chi connectivity index (χ3v) is 11.0. The molecule has 5 rings (SSSR count). The first-order chi connectivity index (χ1) is 17.0. The summed E-state index contributed by atoms with van der Waals surface area (Å²) < 4.78 is 17.5. The van der Waals surface area contributed by atoms with E-state index in [4.69, 9.17) is 14.2 Å². The standard InChI is InChI=1S/C31H46O5/c1-18(17-34-20(3)32)7-10-27-19(2)29-28(36-27)16-26-24-9-8-22-15-23(35-21(4)33)11-13-30(22,5)25(24)12-14-31(26,29)6/h8,18,23-26,28-29H,7,9-17H2,1-6H3/t18-,23-,24-,25+,26+,28-,29+,30-,31-/m0/s1. The van der Waals surface area contributed by atoms with E-state index >= 15 is 0 Å². The highest BCUT2D eigenvalue weighted by molar-refractivity contribution is 5.66. The lowest BCUT2D eigenvalue weighted by Crippen LogP contribution is -2.50. The van der Waals surface area contributed by atoms with E-state index in [1.54, 1.807) is 5.57 Å². The summed E-state index contributed by atoms with van der Waals surface area (Å²) in [5, 5.41) is 0. The molecule has 0 saturated heterocycles. The fourth-order valence-electron chi connectivity index (χ4n) is 9.27. The van der Waals surface area contributed by atoms with E-state index in [2.05, 4.69) is 33.8 Å². The van der Waals surface area contributed by atoms with Gasteiger partial charge in [-0.1, -0.05) is 32.4 Å². The summed E-state index contributed by atoms with van der Waals surface area (Å²) in [5.74, 6) is 3.93. The third kappa shape index (κ3) is 4.32. The third-order valence-electron chi connectivity index (χ3n) is 11.0. The van der Waals surface area contributed by atoms with Crippen LogP contribution in [0.15, 0.2) is 23.0 Å². The van der Waals surface area contributed by atoms with E-state index < -0.39 is 0 Å². The molecular weight excluding hydrogens is 452 g/mol. The van der Waals surface area contributed by atoms with Gasteiger partial charge in [-0.25, -0.2) is 0 Å². The van der Waals surface area contributed by atoms with E-state index in [-0.39, 0.29) is 23.5 Å². The van der Waals surface area contributed by atoms with Gasteiger partial charge in [0.25, 0.3) is 0 Å². The van der Waals surface area contributed by atoms with Crippen molar-refractivity contribution in [2.24, 2.45) is 40.4 Å². The summed E-state index contributed by atoms with van der Waals surface area (Å²) in [6, 6.07) is 0. The van der Waals surface area contributed by atoms with Gasteiger partial charge < -0.3 is 14.2 Å². The summed E-state index contributed by atoms with van der Waals surface area (Å²) in [4.78, 5) is 22.7. The number of carbonyl (C=O) groups excluding carboxylic acids is 2. The molecule has 4 aliphatic carbocycles. The van der Waals surface area contributed by atoms with Gasteiger partial charge in [0.2, 0.25) is 0 Å². The van der Waals surface area contributed by atoms with Crippen LogP contribution < -0.4 is 0 Å². The minimum Gasteiger partial charge on any atom is -0.494 e. The summed E-state index contributed by atoms with van der Waals surface area (Å²) in [6.45, 7) is 13.1. The van der Waals surface area contributed by atoms with Crippen molar-refractivity contribution in [1.29, 1.82) is 0 Å². The molecule has 0 spiro atoms. The number of allylic oxidation sites excluding steroid dienone is 2. The predicted octanol–water partition coefficient (Wildman–Crippen LogP) is 6.76. The number of hydrogen-bond donors (Lipinski definition) is 0. The maximum absolute atomic E-state index is 11.5. The number of esters is 2. The average molecular weight is 499 g/mol. The Kier molecular flexibility index (Phi) is 6.83. The van der Waals surface area contributed by atoms with Crippen LogP contribution in [0.1, 0.15) is 99.3 Å². The Morgan fingerprint density at radius 3 is 2.64 bits per heavy atom. The van der Waals surface area contributed by atoms with Crippen LogP contribution in [0.25, 0.3) is 0 Å². The summed E-state index contributed by atoms with van der Waals surface area (Å²) in [7, 11) is 0. The second kappa shape index (κ2) is 9.51. The molecule has 9 atom stereocenters. The molecule has 0 N–H and O–H groups in total. The van der Waals surface area contributed by atoms with Gasteiger partial charge >= 0.3 is 11.9 Å². The normalized spacial score (nSPS) is 41.8. The van der Waals surface area contributed by atoms with Crippen LogP contribution >= 0.6 is 0 Å². The smallest absolute Gasteiger partial charge is 0.302 e. The Morgan fingerprint density at radius 1 is 1.14 bits per heavy atom. The lowest BCUT2D eigenvalue weighted by atomic mass is 9.47. The molecule has 3 saturated carbocycles. The molecule has 0 aromatic heterocycles. The molecule has 1 aliphatic heterocycles. The van der Waals surface area contributed by atoms with Gasteiger partial charge in [0.05, 0.1) is 12.4 Å². The van der Waals surface area contributed by atoms with Gasteiger partial charge in [0.15, 0.2) is 0 Å². The zero-order valence-corrected chi connectivity index (χ0v) is 23.2. The zero-order chi connectivity index (χ0) is 25.8. The lowest BCUT2D eigenvalue weighted by Gasteiger charge is -2.58. The van der Waals surface area contributed by atoms with Crippen molar-refractivity contribution in [2.75, 3.05) is 6.61 Å². The topological polar surface area (TPSA) is 61.8 Å². The maximum Gasteiger partial charge on any atom is 0.302 e. The highest BCUT2D eigenvalue weighted by Gasteiger charge is 2.63. The fraction of sp³-hybridized carbons (Fsp3) is 0.806. The summed E-state index contributed by atoms with van der Waals surface area (Å²) in [5.41, 5.74) is 3.62. The number of hydrogen-bond acceptors (Lipinski definition) is 5. The Morgan fingerprint density at radius 2 is 1.92 bits per heavy atom. The SMILES string of the molecule is CC(=O)OC[C@@H](C)CCC1=C(C)[C@@H]2[C@H](C[C@@H]3[C@H]4CC=C5C[C@@H](OC(C)=O)CC[C@]5(C)[C@@H]4CC[C@@]32C)O1. The maximum atomic E-state index is 11.5. The van der Waals surface area contributed by atoms with Crippen molar-refractivity contribution in [3.05, 3.63) is 23.0 Å². The van der Waals surface area contributed by atoms with Gasteiger partial charge in [-0.15, -0.1) is 0 Å². The van der Waals surface area contributed by atoms with Crippen molar-refractivity contribution < 1.29 is 23.8 Å². The van der Waals surface area contributed by atoms with E-state index in [0.29, 0.717) is 35.9 Å². The van der Waals surface area contributed by atoms with E-state index in [1.807, 2.05) is 0 Å². The van der Waals surface area contributed by atoms with E-state index in [1.165, 1.54) is 50.9 Å². The Labute approximate surface area is 217 Å². The molecule has 0 unspecified atom stereocenters. The van der Waals surface area contributed by atoms with Gasteiger partial charge in [0, 0.05) is 32.6 Å². The minimum atomic E-state index is -0.200. The van der Waals surface area contributed by atoms with Crippen molar-refractivity contribution >= 4 is 11.9 Å². The number of carbonyl (C=O) groups is 2. The molecule has 0 aromatic rings. The van der Waals surface area contributed by atoms with Crippen LogP contribution in [0.3, 0.4) is 0 Å². The van der Waals surface area contributed by atoms with Crippen molar-refractivity contribution in [1.82, 2.24) is 0 Å². The second-order valence-corrected chi connectivity index (χ2v) is 13.2. The predicted molar refractivity (Wildman–Crippen MR) is 139 cm³/mol. The summed E-state index contributed by atoms with van der Waals surface area (Å²) >= 11 is 0. The first-order valence-corrected chi connectivity index (χ1v) is 14.4. The van der Waals surface area contributed by atoms with Gasteiger partial charge in [0.1, 0.15) is 12.2 Å². The molecule has 0 radical (unpaired) electrons. The largest absolute Gasteiger partial charge is 0.494 e. The molecule has 0 bridgehead atoms. The average Bonchev–Trinajstić information content (AvgIpc) is 3.29. The number of ether oxygens (including phenoxy) is 3. The molecule has 3 fully saturated rings. The van der Waals surface area contributed by atoms with Gasteiger partial charge in [-0.2, -0.15) is 0 Å². The molecule has 5 aliphatic rings. The van der Waals surface area contributed by atoms with Crippen LogP contribution in [0.4, 0.5) is 0 Å². The lowest BCUT2D eigenvalue weighted by molar-refractivity contribution is -0.148. The van der Waals surface area contributed by atoms with Crippen molar-refractivity contribution in [3.63, 3.8) is 0 Å². The van der Waals surface area contributed by atoms with Crippen LogP contribution in [0, 0.1) is 40.4 Å². The first-order valence-electron chi connectivity index (χ1n) is 14.4. The highest BCUT2D eigenvalue weighted by atomic mass is 16.5. The van der Waals surface area contributed by atoms with Gasteiger partial charge in [-0.05, 0) is 91.9 Å². The van der Waals surface area contributed by atoms with Crippen LogP contribution in [0.2, 0.25) is 0 Å². The fourth-order valence-corrected chi connectivity index (χ4v) is 9.27. The van der Waals surface area contributed by atoms with Crippen LogP contribution in [-0.2, 0) is 23.8 Å². The van der Waals surface area contributed by atoms with Crippen molar-refractivity contribution in [3.8, 4) is 0 Å². The molecule has 0 amide bonds. The Hall–Kier alpha value is -1.78. The monoisotopic (exact) mass is 498 g/mol. The molecular formula is C31H46O5. The molecule has 5 nitrogen and oxygen atoms in total. The number of rotatable bonds is 6. The van der Waals surface area contributed by atoms with E-state index in [0.717, 1.165) is 43.9 Å². The molecule has 5 heteroatoms.